The molecule has 2 aliphatic heterocycles. The van der Waals surface area contributed by atoms with E-state index in [1.807, 2.05) is 4.90 Å². The van der Waals surface area contributed by atoms with Crippen LogP contribution in [0.15, 0.2) is 0 Å². The Morgan fingerprint density at radius 3 is 2.62 bits per heavy atom. The number of carbonyl (C=O) groups is 1. The fraction of sp³-hybridized carbons (Fsp3) is 0.900. The molecule has 2 saturated heterocycles. The van der Waals surface area contributed by atoms with Gasteiger partial charge in [0.1, 0.15) is 0 Å². The van der Waals surface area contributed by atoms with Crippen LogP contribution in [0.5, 0.6) is 0 Å². The molecule has 0 aromatic carbocycles. The van der Waals surface area contributed by atoms with Gasteiger partial charge in [0.05, 0.1) is 0 Å². The maximum Gasteiger partial charge on any atom is 0.209 e. The zero-order valence-corrected chi connectivity index (χ0v) is 8.11. The zero-order valence-electron chi connectivity index (χ0n) is 8.11. The van der Waals surface area contributed by atoms with E-state index in [1.54, 1.807) is 0 Å². The fourth-order valence-electron chi connectivity index (χ4n) is 2.46. The van der Waals surface area contributed by atoms with Crippen molar-refractivity contribution in [1.29, 1.82) is 0 Å². The molecule has 0 aromatic heterocycles. The van der Waals surface area contributed by atoms with Gasteiger partial charge in [-0.05, 0) is 38.8 Å². The molecule has 0 spiro atoms. The van der Waals surface area contributed by atoms with Gasteiger partial charge in [-0.15, -0.1) is 0 Å². The summed E-state index contributed by atoms with van der Waals surface area (Å²) < 4.78 is 0. The molecule has 3 heteroatoms. The van der Waals surface area contributed by atoms with Crippen molar-refractivity contribution in [2.24, 2.45) is 0 Å². The van der Waals surface area contributed by atoms with Gasteiger partial charge < -0.3 is 9.80 Å². The number of carbonyl (C=O) groups excluding carboxylic acids is 1. The molecule has 1 amide bonds. The van der Waals surface area contributed by atoms with Gasteiger partial charge in [-0.25, -0.2) is 0 Å². The first kappa shape index (κ1) is 9.00. The molecular formula is C10H18N2O. The summed E-state index contributed by atoms with van der Waals surface area (Å²) in [7, 11) is 0. The van der Waals surface area contributed by atoms with E-state index in [-0.39, 0.29) is 0 Å². The normalized spacial score (nSPS) is 29.8. The van der Waals surface area contributed by atoms with Crippen LogP contribution in [0.25, 0.3) is 0 Å². The predicted octanol–water partition coefficient (Wildman–Crippen LogP) is 0.703. The Bertz CT molecular complexity index is 178. The minimum atomic E-state index is 0.510. The zero-order chi connectivity index (χ0) is 9.10. The van der Waals surface area contributed by atoms with Crippen molar-refractivity contribution in [2.75, 3.05) is 26.2 Å². The van der Waals surface area contributed by atoms with Gasteiger partial charge in [-0.2, -0.15) is 0 Å². The molecule has 0 aromatic rings. The number of hydrogen-bond donors (Lipinski definition) is 0. The first-order valence-corrected chi connectivity index (χ1v) is 5.33. The maximum atomic E-state index is 10.7. The Labute approximate surface area is 79.7 Å². The van der Waals surface area contributed by atoms with Gasteiger partial charge in [0, 0.05) is 19.1 Å². The first-order chi connectivity index (χ1) is 6.40. The fourth-order valence-corrected chi connectivity index (χ4v) is 2.46. The van der Waals surface area contributed by atoms with E-state index in [0.29, 0.717) is 6.04 Å². The van der Waals surface area contributed by atoms with Gasteiger partial charge in [0.25, 0.3) is 0 Å². The third-order valence-electron chi connectivity index (χ3n) is 3.23. The molecule has 3 nitrogen and oxygen atoms in total. The second-order valence-corrected chi connectivity index (χ2v) is 4.15. The summed E-state index contributed by atoms with van der Waals surface area (Å²) >= 11 is 0. The highest BCUT2D eigenvalue weighted by molar-refractivity contribution is 5.48. The maximum absolute atomic E-state index is 10.7. The third-order valence-corrected chi connectivity index (χ3v) is 3.23. The van der Waals surface area contributed by atoms with E-state index in [2.05, 4.69) is 4.90 Å². The number of amides is 1. The van der Waals surface area contributed by atoms with E-state index in [0.717, 1.165) is 19.5 Å². The summed E-state index contributed by atoms with van der Waals surface area (Å²) in [6.07, 6.45) is 6.10. The van der Waals surface area contributed by atoms with Crippen LogP contribution in [-0.4, -0.2) is 48.4 Å². The Morgan fingerprint density at radius 2 is 1.92 bits per heavy atom. The van der Waals surface area contributed by atoms with Gasteiger partial charge in [0.2, 0.25) is 6.41 Å². The molecule has 2 aliphatic rings. The molecule has 74 valence electrons. The first-order valence-electron chi connectivity index (χ1n) is 5.33. The van der Waals surface area contributed by atoms with Crippen LogP contribution in [0.3, 0.4) is 0 Å². The van der Waals surface area contributed by atoms with Gasteiger partial charge in [0.15, 0.2) is 0 Å². The van der Waals surface area contributed by atoms with Crippen LogP contribution < -0.4 is 0 Å². The third kappa shape index (κ3) is 2.02. The molecular weight excluding hydrogens is 164 g/mol. The molecule has 13 heavy (non-hydrogen) atoms. The van der Waals surface area contributed by atoms with Crippen molar-refractivity contribution in [1.82, 2.24) is 9.80 Å². The Hall–Kier alpha value is -0.570. The monoisotopic (exact) mass is 182 g/mol. The van der Waals surface area contributed by atoms with E-state index in [9.17, 15) is 4.79 Å². The highest BCUT2D eigenvalue weighted by Crippen LogP contribution is 2.18. The van der Waals surface area contributed by atoms with Crippen molar-refractivity contribution >= 4 is 6.41 Å². The van der Waals surface area contributed by atoms with E-state index < -0.39 is 0 Å². The lowest BCUT2D eigenvalue weighted by Crippen LogP contribution is -2.38. The predicted molar refractivity (Wildman–Crippen MR) is 51.5 cm³/mol. The van der Waals surface area contributed by atoms with E-state index in [4.69, 9.17) is 0 Å². The molecule has 0 aliphatic carbocycles. The number of likely N-dealkylation sites (tertiary alicyclic amines) is 2. The van der Waals surface area contributed by atoms with Crippen molar-refractivity contribution in [3.05, 3.63) is 0 Å². The average molecular weight is 182 g/mol. The van der Waals surface area contributed by atoms with Gasteiger partial charge in [-0.3, -0.25) is 4.79 Å². The van der Waals surface area contributed by atoms with Gasteiger partial charge >= 0.3 is 0 Å². The lowest BCUT2D eigenvalue weighted by molar-refractivity contribution is -0.119. The molecule has 1 atom stereocenters. The second kappa shape index (κ2) is 4.09. The minimum absolute atomic E-state index is 0.510. The summed E-state index contributed by atoms with van der Waals surface area (Å²) in [5.74, 6) is 0. The number of hydrogen-bond acceptors (Lipinski definition) is 2. The molecule has 2 rings (SSSR count). The highest BCUT2D eigenvalue weighted by atomic mass is 16.1. The Balaban J connectivity index is 1.82. The van der Waals surface area contributed by atoms with Crippen LogP contribution in [0.1, 0.15) is 25.7 Å². The standard InChI is InChI=1S/C10H18N2O/c13-9-12-7-3-4-10(12)8-11-5-1-2-6-11/h9-10H,1-8H2/t10-/m0/s1. The van der Waals surface area contributed by atoms with E-state index >= 15 is 0 Å². The van der Waals surface area contributed by atoms with Crippen molar-refractivity contribution in [2.45, 2.75) is 31.7 Å². The largest absolute Gasteiger partial charge is 0.341 e. The van der Waals surface area contributed by atoms with Crippen molar-refractivity contribution in [3.8, 4) is 0 Å². The van der Waals surface area contributed by atoms with Crippen LogP contribution in [0.2, 0.25) is 0 Å². The average Bonchev–Trinajstić information content (AvgIpc) is 2.76. The molecule has 0 unspecified atom stereocenters. The summed E-state index contributed by atoms with van der Waals surface area (Å²) in [4.78, 5) is 15.2. The number of rotatable bonds is 3. The summed E-state index contributed by atoms with van der Waals surface area (Å²) in [5, 5.41) is 0. The van der Waals surface area contributed by atoms with E-state index in [1.165, 1.54) is 38.8 Å². The lowest BCUT2D eigenvalue weighted by Gasteiger charge is -2.25. The summed E-state index contributed by atoms with van der Waals surface area (Å²) in [5.41, 5.74) is 0. The molecule has 0 N–H and O–H groups in total. The van der Waals surface area contributed by atoms with Crippen LogP contribution >= 0.6 is 0 Å². The van der Waals surface area contributed by atoms with Crippen LogP contribution in [0, 0.1) is 0 Å². The lowest BCUT2D eigenvalue weighted by atomic mass is 10.2. The Morgan fingerprint density at radius 1 is 1.15 bits per heavy atom. The van der Waals surface area contributed by atoms with Crippen LogP contribution in [0.4, 0.5) is 0 Å². The SMILES string of the molecule is O=CN1CCC[C@H]1CN1CCCC1. The quantitative estimate of drug-likeness (QED) is 0.600. The molecule has 0 saturated carbocycles. The van der Waals surface area contributed by atoms with Gasteiger partial charge in [-0.1, -0.05) is 0 Å². The Kier molecular flexibility index (Phi) is 2.83. The minimum Gasteiger partial charge on any atom is -0.341 e. The van der Waals surface area contributed by atoms with Crippen LogP contribution in [-0.2, 0) is 4.79 Å². The molecule has 0 radical (unpaired) electrons. The molecule has 2 fully saturated rings. The summed E-state index contributed by atoms with van der Waals surface area (Å²) in [6, 6.07) is 0.510. The topological polar surface area (TPSA) is 23.6 Å². The van der Waals surface area contributed by atoms with Crippen molar-refractivity contribution < 1.29 is 4.79 Å². The molecule has 2 heterocycles. The second-order valence-electron chi connectivity index (χ2n) is 4.15. The smallest absolute Gasteiger partial charge is 0.209 e. The van der Waals surface area contributed by atoms with Crippen molar-refractivity contribution in [3.63, 3.8) is 0 Å². The summed E-state index contributed by atoms with van der Waals surface area (Å²) in [6.45, 7) is 4.56. The number of nitrogens with zero attached hydrogens (tertiary/aromatic N) is 2. The highest BCUT2D eigenvalue weighted by Gasteiger charge is 2.25. The molecule has 0 bridgehead atoms.